The molecule has 0 heterocycles. The van der Waals surface area contributed by atoms with Crippen molar-refractivity contribution in [2.24, 2.45) is 0 Å². The molecule has 0 saturated carbocycles. The van der Waals surface area contributed by atoms with Gasteiger partial charge in [-0.3, -0.25) is 4.21 Å². The first-order valence-electron chi connectivity index (χ1n) is 5.22. The Labute approximate surface area is 84.9 Å². The molecule has 0 radical (unpaired) electrons. The highest BCUT2D eigenvalue weighted by molar-refractivity contribution is 7.85. The third kappa shape index (κ3) is 6.22. The van der Waals surface area contributed by atoms with Crippen LogP contribution in [-0.4, -0.2) is 27.8 Å². The molecule has 2 nitrogen and oxygen atoms in total. The first-order valence-corrected chi connectivity index (χ1v) is 6.60. The average molecular weight is 205 g/mol. The molecule has 1 N–H and O–H groups in total. The van der Waals surface area contributed by atoms with Crippen LogP contribution in [0.2, 0.25) is 0 Å². The molecule has 0 spiro atoms. The van der Waals surface area contributed by atoms with E-state index in [1.165, 1.54) is 0 Å². The Balaban J connectivity index is 3.76. The van der Waals surface area contributed by atoms with Gasteiger partial charge in [-0.15, -0.1) is 0 Å². The van der Waals surface area contributed by atoms with Gasteiger partial charge in [0.1, 0.15) is 0 Å². The van der Waals surface area contributed by atoms with Crippen molar-refractivity contribution in [1.82, 2.24) is 5.32 Å². The van der Waals surface area contributed by atoms with Crippen LogP contribution in [0.4, 0.5) is 0 Å². The largest absolute Gasteiger partial charge is 0.313 e. The molecule has 2 unspecified atom stereocenters. The molecule has 0 rings (SSSR count). The standard InChI is InChI=1S/C10H23NOS/c1-5-7-11-10(6-2)8-13(12)9(3)4/h9-11H,5-8H2,1-4H3. The van der Waals surface area contributed by atoms with Crippen molar-refractivity contribution in [2.75, 3.05) is 12.3 Å². The number of hydrogen-bond acceptors (Lipinski definition) is 2. The van der Waals surface area contributed by atoms with Gasteiger partial charge < -0.3 is 5.32 Å². The zero-order valence-corrected chi connectivity index (χ0v) is 10.1. The van der Waals surface area contributed by atoms with Crippen molar-refractivity contribution < 1.29 is 4.21 Å². The topological polar surface area (TPSA) is 29.1 Å². The van der Waals surface area contributed by atoms with Crippen LogP contribution in [0, 0.1) is 0 Å². The smallest absolute Gasteiger partial charge is 0.0391 e. The molecule has 2 atom stereocenters. The lowest BCUT2D eigenvalue weighted by molar-refractivity contribution is 0.533. The van der Waals surface area contributed by atoms with Crippen molar-refractivity contribution >= 4 is 10.8 Å². The predicted octanol–water partition coefficient (Wildman–Crippen LogP) is 1.92. The van der Waals surface area contributed by atoms with Crippen molar-refractivity contribution in [1.29, 1.82) is 0 Å². The molecule has 0 aliphatic rings. The summed E-state index contributed by atoms with van der Waals surface area (Å²) in [6.07, 6.45) is 2.21. The van der Waals surface area contributed by atoms with E-state index in [1.54, 1.807) is 0 Å². The van der Waals surface area contributed by atoms with Gasteiger partial charge in [-0.05, 0) is 19.4 Å². The summed E-state index contributed by atoms with van der Waals surface area (Å²) in [7, 11) is -0.668. The van der Waals surface area contributed by atoms with Gasteiger partial charge in [0.25, 0.3) is 0 Å². The maximum absolute atomic E-state index is 11.5. The zero-order chi connectivity index (χ0) is 10.3. The van der Waals surface area contributed by atoms with E-state index >= 15 is 0 Å². The normalized spacial score (nSPS) is 16.1. The van der Waals surface area contributed by atoms with E-state index in [0.29, 0.717) is 6.04 Å². The van der Waals surface area contributed by atoms with E-state index in [0.717, 1.165) is 25.1 Å². The van der Waals surface area contributed by atoms with Crippen LogP contribution in [0.15, 0.2) is 0 Å². The molecule has 0 bridgehead atoms. The summed E-state index contributed by atoms with van der Waals surface area (Å²) in [6, 6.07) is 0.434. The number of rotatable bonds is 7. The summed E-state index contributed by atoms with van der Waals surface area (Å²) in [5.41, 5.74) is 0. The molecule has 0 saturated heterocycles. The van der Waals surface area contributed by atoms with Crippen molar-refractivity contribution in [3.8, 4) is 0 Å². The second-order valence-electron chi connectivity index (χ2n) is 3.66. The van der Waals surface area contributed by atoms with Crippen LogP contribution in [0.5, 0.6) is 0 Å². The van der Waals surface area contributed by atoms with Gasteiger partial charge >= 0.3 is 0 Å². The van der Waals surface area contributed by atoms with Gasteiger partial charge in [-0.2, -0.15) is 0 Å². The molecule has 0 aromatic carbocycles. The Hall–Kier alpha value is 0.110. The minimum atomic E-state index is -0.668. The summed E-state index contributed by atoms with van der Waals surface area (Å²) in [5, 5.41) is 3.70. The van der Waals surface area contributed by atoms with E-state index < -0.39 is 10.8 Å². The highest BCUT2D eigenvalue weighted by Crippen LogP contribution is 2.00. The van der Waals surface area contributed by atoms with Gasteiger partial charge in [-0.1, -0.05) is 27.7 Å². The minimum absolute atomic E-state index is 0.289. The summed E-state index contributed by atoms with van der Waals surface area (Å²) in [5.74, 6) is 0.800. The van der Waals surface area contributed by atoms with Crippen LogP contribution < -0.4 is 5.32 Å². The van der Waals surface area contributed by atoms with Gasteiger partial charge in [0, 0.05) is 27.8 Å². The average Bonchev–Trinajstić information content (AvgIpc) is 2.11. The fourth-order valence-corrected chi connectivity index (χ4v) is 2.20. The molecular weight excluding hydrogens is 182 g/mol. The third-order valence-corrected chi connectivity index (χ3v) is 3.85. The van der Waals surface area contributed by atoms with Gasteiger partial charge in [0.05, 0.1) is 0 Å². The summed E-state index contributed by atoms with van der Waals surface area (Å²) >= 11 is 0. The maximum atomic E-state index is 11.5. The Kier molecular flexibility index (Phi) is 7.57. The minimum Gasteiger partial charge on any atom is -0.313 e. The summed E-state index contributed by atoms with van der Waals surface area (Å²) in [6.45, 7) is 9.36. The van der Waals surface area contributed by atoms with Gasteiger partial charge in [0.15, 0.2) is 0 Å². The molecule has 0 aromatic heterocycles. The highest BCUT2D eigenvalue weighted by Gasteiger charge is 2.12. The van der Waals surface area contributed by atoms with Crippen LogP contribution in [0.1, 0.15) is 40.5 Å². The van der Waals surface area contributed by atoms with Crippen molar-refractivity contribution in [3.05, 3.63) is 0 Å². The second-order valence-corrected chi connectivity index (χ2v) is 5.69. The molecule has 0 fully saturated rings. The van der Waals surface area contributed by atoms with Gasteiger partial charge in [0.2, 0.25) is 0 Å². The lowest BCUT2D eigenvalue weighted by atomic mass is 10.2. The third-order valence-electron chi connectivity index (χ3n) is 2.07. The molecule has 0 aromatic rings. The molecule has 3 heteroatoms. The fraction of sp³-hybridized carbons (Fsp3) is 1.00. The van der Waals surface area contributed by atoms with E-state index in [-0.39, 0.29) is 5.25 Å². The SMILES string of the molecule is CCCNC(CC)CS(=O)C(C)C. The Morgan fingerprint density at radius 1 is 1.31 bits per heavy atom. The Bertz CT molecular complexity index is 148. The first-order chi connectivity index (χ1) is 6.11. The van der Waals surface area contributed by atoms with E-state index in [2.05, 4.69) is 19.2 Å². The lowest BCUT2D eigenvalue weighted by Crippen LogP contribution is -2.35. The monoisotopic (exact) mass is 205 g/mol. The maximum Gasteiger partial charge on any atom is 0.0391 e. The van der Waals surface area contributed by atoms with Gasteiger partial charge in [-0.25, -0.2) is 0 Å². The number of nitrogens with one attached hydrogen (secondary N) is 1. The molecule has 0 aliphatic heterocycles. The van der Waals surface area contributed by atoms with E-state index in [9.17, 15) is 4.21 Å². The highest BCUT2D eigenvalue weighted by atomic mass is 32.2. The zero-order valence-electron chi connectivity index (χ0n) is 9.30. The molecule has 80 valence electrons. The molecule has 0 aliphatic carbocycles. The van der Waals surface area contributed by atoms with Crippen LogP contribution in [-0.2, 0) is 10.8 Å². The molecule has 13 heavy (non-hydrogen) atoms. The van der Waals surface area contributed by atoms with Crippen LogP contribution >= 0.6 is 0 Å². The quantitative estimate of drug-likeness (QED) is 0.688. The molecular formula is C10H23NOS. The summed E-state index contributed by atoms with van der Waals surface area (Å²) in [4.78, 5) is 0. The second kappa shape index (κ2) is 7.51. The van der Waals surface area contributed by atoms with Crippen LogP contribution in [0.25, 0.3) is 0 Å². The lowest BCUT2D eigenvalue weighted by Gasteiger charge is -2.17. The molecule has 0 amide bonds. The van der Waals surface area contributed by atoms with Crippen molar-refractivity contribution in [3.63, 3.8) is 0 Å². The number of hydrogen-bond donors (Lipinski definition) is 1. The van der Waals surface area contributed by atoms with E-state index in [4.69, 9.17) is 0 Å². The summed E-state index contributed by atoms with van der Waals surface area (Å²) < 4.78 is 11.5. The fourth-order valence-electron chi connectivity index (χ4n) is 1.06. The first kappa shape index (κ1) is 13.1. The predicted molar refractivity (Wildman–Crippen MR) is 60.5 cm³/mol. The van der Waals surface area contributed by atoms with Crippen LogP contribution in [0.3, 0.4) is 0 Å². The van der Waals surface area contributed by atoms with E-state index in [1.807, 2.05) is 13.8 Å². The Morgan fingerprint density at radius 2 is 1.92 bits per heavy atom. The van der Waals surface area contributed by atoms with Crippen molar-refractivity contribution in [2.45, 2.75) is 51.8 Å². The Morgan fingerprint density at radius 3 is 2.31 bits per heavy atom.